The molecule has 0 aromatic carbocycles. The number of rotatable bonds is 3. The van der Waals surface area contributed by atoms with Gasteiger partial charge >= 0.3 is 12.0 Å². The third kappa shape index (κ3) is 2.91. The first-order valence-electron chi connectivity index (χ1n) is 6.31. The number of nitrogens with one attached hydrogen (secondary N) is 1. The maximum atomic E-state index is 12.2. The first-order valence-corrected chi connectivity index (χ1v) is 7.46. The quantitative estimate of drug-likeness (QED) is 0.814. The van der Waals surface area contributed by atoms with Gasteiger partial charge < -0.3 is 15.3 Å². The highest BCUT2D eigenvalue weighted by Gasteiger charge is 2.41. The van der Waals surface area contributed by atoms with Crippen LogP contribution < -0.4 is 5.32 Å². The van der Waals surface area contributed by atoms with Crippen molar-refractivity contribution < 1.29 is 14.7 Å². The van der Waals surface area contributed by atoms with Gasteiger partial charge in [0.2, 0.25) is 0 Å². The zero-order valence-electron chi connectivity index (χ0n) is 10.8. The molecular weight excluding hydrogens is 252 g/mol. The van der Waals surface area contributed by atoms with Gasteiger partial charge in [0.05, 0.1) is 0 Å². The lowest BCUT2D eigenvalue weighted by Gasteiger charge is -2.36. The van der Waals surface area contributed by atoms with E-state index in [1.807, 2.05) is 13.8 Å². The van der Waals surface area contributed by atoms with Crippen molar-refractivity contribution in [2.45, 2.75) is 38.3 Å². The molecule has 1 saturated carbocycles. The molecule has 0 spiro atoms. The molecule has 0 aromatic rings. The Bertz CT molecular complexity index is 355. The number of thioether (sulfide) groups is 1. The summed E-state index contributed by atoms with van der Waals surface area (Å²) in [5.74, 6) is 0.902. The highest BCUT2D eigenvalue weighted by Crippen LogP contribution is 2.39. The van der Waals surface area contributed by atoms with Crippen LogP contribution in [0.1, 0.15) is 26.7 Å². The number of carbonyl (C=O) groups is 2. The van der Waals surface area contributed by atoms with E-state index in [1.54, 1.807) is 11.8 Å². The normalized spacial score (nSPS) is 24.8. The summed E-state index contributed by atoms with van der Waals surface area (Å²) in [6.45, 7) is 4.53. The number of carboxylic acid groups (broad SMARTS) is 1. The lowest BCUT2D eigenvalue weighted by molar-refractivity contribution is -0.141. The summed E-state index contributed by atoms with van der Waals surface area (Å²) in [5.41, 5.74) is -0.231. The van der Waals surface area contributed by atoms with Crippen LogP contribution in [0.25, 0.3) is 0 Å². The van der Waals surface area contributed by atoms with Crippen LogP contribution in [0.15, 0.2) is 0 Å². The van der Waals surface area contributed by atoms with Crippen molar-refractivity contribution in [1.29, 1.82) is 0 Å². The van der Waals surface area contributed by atoms with Crippen molar-refractivity contribution >= 4 is 23.8 Å². The van der Waals surface area contributed by atoms with Crippen LogP contribution in [-0.2, 0) is 4.79 Å². The van der Waals surface area contributed by atoms with Gasteiger partial charge in [-0.3, -0.25) is 0 Å². The second-order valence-corrected chi connectivity index (χ2v) is 6.70. The van der Waals surface area contributed by atoms with E-state index in [-0.39, 0.29) is 11.6 Å². The first-order chi connectivity index (χ1) is 8.42. The predicted molar refractivity (Wildman–Crippen MR) is 70.8 cm³/mol. The van der Waals surface area contributed by atoms with Gasteiger partial charge in [-0.1, -0.05) is 0 Å². The Kier molecular flexibility index (Phi) is 3.75. The van der Waals surface area contributed by atoms with Gasteiger partial charge in [0, 0.05) is 23.6 Å². The number of nitrogens with zero attached hydrogens (tertiary/aromatic N) is 1. The molecule has 1 aliphatic heterocycles. The average Bonchev–Trinajstić information content (AvgIpc) is 3.12. The molecule has 18 heavy (non-hydrogen) atoms. The third-order valence-corrected chi connectivity index (χ3v) is 4.72. The summed E-state index contributed by atoms with van der Waals surface area (Å²) < 4.78 is 0. The van der Waals surface area contributed by atoms with E-state index in [1.165, 1.54) is 4.90 Å². The molecule has 0 radical (unpaired) electrons. The Labute approximate surface area is 111 Å². The lowest BCUT2D eigenvalue weighted by Crippen LogP contribution is -2.58. The van der Waals surface area contributed by atoms with Gasteiger partial charge in [-0.15, -0.1) is 0 Å². The minimum absolute atomic E-state index is 0.231. The van der Waals surface area contributed by atoms with Crippen LogP contribution in [-0.4, -0.2) is 51.6 Å². The number of carbonyl (C=O) groups excluding carboxylic acids is 1. The Hall–Kier alpha value is -0.910. The Morgan fingerprint density at radius 3 is 2.61 bits per heavy atom. The number of hydrogen-bond donors (Lipinski definition) is 2. The molecule has 1 saturated heterocycles. The fourth-order valence-corrected chi connectivity index (χ4v) is 3.34. The molecule has 6 heteroatoms. The minimum Gasteiger partial charge on any atom is -0.480 e. The second kappa shape index (κ2) is 4.99. The SMILES string of the molecule is CC(C)(NC(=O)N1CCSCC1C(=O)O)C1CC1. The van der Waals surface area contributed by atoms with Crippen molar-refractivity contribution in [3.63, 3.8) is 0 Å². The molecule has 2 amide bonds. The summed E-state index contributed by atoms with van der Waals surface area (Å²) in [6, 6.07) is -0.932. The Morgan fingerprint density at radius 1 is 1.39 bits per heavy atom. The lowest BCUT2D eigenvalue weighted by atomic mass is 9.99. The summed E-state index contributed by atoms with van der Waals surface area (Å²) in [5, 5.41) is 12.1. The van der Waals surface area contributed by atoms with Gasteiger partial charge in [0.25, 0.3) is 0 Å². The van der Waals surface area contributed by atoms with Crippen molar-refractivity contribution in [1.82, 2.24) is 10.2 Å². The number of carboxylic acids is 1. The highest BCUT2D eigenvalue weighted by molar-refractivity contribution is 7.99. The van der Waals surface area contributed by atoms with E-state index >= 15 is 0 Å². The van der Waals surface area contributed by atoms with Crippen molar-refractivity contribution in [3.05, 3.63) is 0 Å². The number of urea groups is 1. The molecule has 2 rings (SSSR count). The average molecular weight is 272 g/mol. The molecule has 5 nitrogen and oxygen atoms in total. The van der Waals surface area contributed by atoms with Gasteiger partial charge in [0.15, 0.2) is 0 Å². The molecule has 0 aromatic heterocycles. The van der Waals surface area contributed by atoms with Crippen LogP contribution in [0.2, 0.25) is 0 Å². The number of hydrogen-bond acceptors (Lipinski definition) is 3. The molecule has 0 bridgehead atoms. The fraction of sp³-hybridized carbons (Fsp3) is 0.833. The summed E-state index contributed by atoms with van der Waals surface area (Å²) in [4.78, 5) is 24.8. The zero-order chi connectivity index (χ0) is 13.3. The molecular formula is C12H20N2O3S. The molecule has 2 aliphatic rings. The van der Waals surface area contributed by atoms with Crippen LogP contribution in [0.3, 0.4) is 0 Å². The summed E-state index contributed by atoms with van der Waals surface area (Å²) >= 11 is 1.59. The molecule has 1 heterocycles. The minimum atomic E-state index is -0.915. The number of aliphatic carboxylic acids is 1. The highest BCUT2D eigenvalue weighted by atomic mass is 32.2. The number of amides is 2. The Morgan fingerprint density at radius 2 is 2.06 bits per heavy atom. The van der Waals surface area contributed by atoms with Crippen LogP contribution in [0.5, 0.6) is 0 Å². The monoisotopic (exact) mass is 272 g/mol. The van der Waals surface area contributed by atoms with E-state index in [9.17, 15) is 9.59 Å². The zero-order valence-corrected chi connectivity index (χ0v) is 11.6. The van der Waals surface area contributed by atoms with Crippen molar-refractivity contribution in [3.8, 4) is 0 Å². The van der Waals surface area contributed by atoms with Crippen LogP contribution >= 0.6 is 11.8 Å². The standard InChI is InChI=1S/C12H20N2O3S/c1-12(2,8-3-4-8)13-11(17)14-5-6-18-7-9(14)10(15)16/h8-9H,3-7H2,1-2H3,(H,13,17)(H,15,16). The van der Waals surface area contributed by atoms with Crippen LogP contribution in [0, 0.1) is 5.92 Å². The second-order valence-electron chi connectivity index (χ2n) is 5.55. The molecule has 102 valence electrons. The molecule has 1 aliphatic carbocycles. The van der Waals surface area contributed by atoms with Crippen molar-refractivity contribution in [2.75, 3.05) is 18.1 Å². The van der Waals surface area contributed by atoms with Gasteiger partial charge in [-0.05, 0) is 32.6 Å². The van der Waals surface area contributed by atoms with E-state index in [4.69, 9.17) is 5.11 Å². The first kappa shape index (κ1) is 13.5. The summed E-state index contributed by atoms with van der Waals surface area (Å²) in [7, 11) is 0. The smallest absolute Gasteiger partial charge is 0.327 e. The van der Waals surface area contributed by atoms with E-state index in [2.05, 4.69) is 5.32 Å². The predicted octanol–water partition coefficient (Wildman–Crippen LogP) is 1.39. The van der Waals surface area contributed by atoms with Crippen molar-refractivity contribution in [2.24, 2.45) is 5.92 Å². The molecule has 1 atom stereocenters. The molecule has 2 N–H and O–H groups in total. The third-order valence-electron chi connectivity index (χ3n) is 3.70. The summed E-state index contributed by atoms with van der Waals surface area (Å²) in [6.07, 6.45) is 2.29. The molecule has 2 fully saturated rings. The van der Waals surface area contributed by atoms with E-state index in [0.717, 1.165) is 18.6 Å². The van der Waals surface area contributed by atoms with Gasteiger partial charge in [-0.25, -0.2) is 9.59 Å². The van der Waals surface area contributed by atoms with Gasteiger partial charge in [-0.2, -0.15) is 11.8 Å². The van der Waals surface area contributed by atoms with E-state index < -0.39 is 12.0 Å². The molecule has 1 unspecified atom stereocenters. The largest absolute Gasteiger partial charge is 0.480 e. The topological polar surface area (TPSA) is 69.6 Å². The van der Waals surface area contributed by atoms with Crippen LogP contribution in [0.4, 0.5) is 4.79 Å². The Balaban J connectivity index is 1.99. The van der Waals surface area contributed by atoms with Gasteiger partial charge in [0.1, 0.15) is 6.04 Å². The fourth-order valence-electron chi connectivity index (χ4n) is 2.31. The van der Waals surface area contributed by atoms with E-state index in [0.29, 0.717) is 18.2 Å². The maximum Gasteiger partial charge on any atom is 0.327 e. The maximum absolute atomic E-state index is 12.2.